The quantitative estimate of drug-likeness (QED) is 0.926. The average molecular weight is 343 g/mol. The van der Waals surface area contributed by atoms with Crippen molar-refractivity contribution >= 4 is 33.0 Å². The fourth-order valence-electron chi connectivity index (χ4n) is 1.78. The molecule has 5 nitrogen and oxygen atoms in total. The van der Waals surface area contributed by atoms with Crippen molar-refractivity contribution in [1.29, 1.82) is 0 Å². The minimum Gasteiger partial charge on any atom is -0.318 e. The molecule has 1 heterocycles. The highest BCUT2D eigenvalue weighted by molar-refractivity contribution is 7.91. The maximum Gasteiger partial charge on any atom is 0.257 e. The van der Waals surface area contributed by atoms with Gasteiger partial charge in [0.2, 0.25) is 0 Å². The van der Waals surface area contributed by atoms with Crippen LogP contribution < -0.4 is 5.32 Å². The van der Waals surface area contributed by atoms with Gasteiger partial charge in [0.05, 0.1) is 26.9 Å². The third-order valence-corrected chi connectivity index (χ3v) is 5.02. The van der Waals surface area contributed by atoms with E-state index in [2.05, 4.69) is 10.3 Å². The average Bonchev–Trinajstić information content (AvgIpc) is 2.49. The number of aromatic nitrogens is 1. The lowest BCUT2D eigenvalue weighted by molar-refractivity contribution is 0.102. The van der Waals surface area contributed by atoms with Crippen LogP contribution in [0.3, 0.4) is 0 Å². The molecule has 0 bridgehead atoms. The predicted octanol–water partition coefficient (Wildman–Crippen LogP) is 2.92. The zero-order valence-corrected chi connectivity index (χ0v) is 13.1. The van der Waals surface area contributed by atoms with E-state index in [1.165, 1.54) is 37.5 Å². The summed E-state index contributed by atoms with van der Waals surface area (Å²) in [6, 6.07) is 4.93. The van der Waals surface area contributed by atoms with Crippen molar-refractivity contribution in [2.24, 2.45) is 0 Å². The molecule has 1 aromatic carbocycles. The Labute approximate surface area is 132 Å². The predicted molar refractivity (Wildman–Crippen MR) is 81.3 cm³/mol. The van der Waals surface area contributed by atoms with Gasteiger partial charge in [-0.1, -0.05) is 24.6 Å². The Morgan fingerprint density at radius 2 is 2.09 bits per heavy atom. The molecule has 2 aromatic rings. The number of amides is 1. The van der Waals surface area contributed by atoms with E-state index in [1.807, 2.05) is 0 Å². The molecule has 8 heteroatoms. The summed E-state index contributed by atoms with van der Waals surface area (Å²) in [7, 11) is -3.69. The van der Waals surface area contributed by atoms with Gasteiger partial charge >= 0.3 is 0 Å². The number of para-hydroxylation sites is 1. The molecule has 116 valence electrons. The standard InChI is InChI=1S/C14H12ClFN2O3S/c1-2-22(20,21)12-5-3-4-11(16)13(12)18-14(19)9-6-7-17-8-10(9)15/h3-8H,2H2,1H3,(H,18,19). The van der Waals surface area contributed by atoms with Crippen LogP contribution in [0.1, 0.15) is 17.3 Å². The van der Waals surface area contributed by atoms with Crippen LogP contribution in [0.25, 0.3) is 0 Å². The van der Waals surface area contributed by atoms with Gasteiger partial charge in [0.25, 0.3) is 5.91 Å². The second-order valence-electron chi connectivity index (χ2n) is 4.33. The molecule has 0 radical (unpaired) electrons. The molecule has 2 rings (SSSR count). The number of anilines is 1. The third kappa shape index (κ3) is 3.26. The zero-order chi connectivity index (χ0) is 16.3. The minimum atomic E-state index is -3.69. The number of hydrogen-bond donors (Lipinski definition) is 1. The molecule has 1 N–H and O–H groups in total. The number of benzene rings is 1. The van der Waals surface area contributed by atoms with E-state index in [0.717, 1.165) is 6.07 Å². The largest absolute Gasteiger partial charge is 0.318 e. The molecule has 0 saturated heterocycles. The first kappa shape index (κ1) is 16.4. The van der Waals surface area contributed by atoms with Crippen molar-refractivity contribution in [2.45, 2.75) is 11.8 Å². The molecule has 22 heavy (non-hydrogen) atoms. The zero-order valence-electron chi connectivity index (χ0n) is 11.5. The molecular weight excluding hydrogens is 331 g/mol. The molecule has 0 unspecified atom stereocenters. The van der Waals surface area contributed by atoms with E-state index in [4.69, 9.17) is 11.6 Å². The van der Waals surface area contributed by atoms with E-state index >= 15 is 0 Å². The maximum absolute atomic E-state index is 14.0. The van der Waals surface area contributed by atoms with Crippen molar-refractivity contribution in [3.63, 3.8) is 0 Å². The summed E-state index contributed by atoms with van der Waals surface area (Å²) in [5, 5.41) is 2.35. The van der Waals surface area contributed by atoms with Crippen LogP contribution in [0.5, 0.6) is 0 Å². The Morgan fingerprint density at radius 1 is 1.36 bits per heavy atom. The molecule has 1 amide bonds. The highest BCUT2D eigenvalue weighted by atomic mass is 35.5. The number of halogens is 2. The smallest absolute Gasteiger partial charge is 0.257 e. The second-order valence-corrected chi connectivity index (χ2v) is 6.98. The first-order valence-electron chi connectivity index (χ1n) is 6.29. The van der Waals surface area contributed by atoms with Crippen LogP contribution in [-0.4, -0.2) is 25.1 Å². The molecule has 0 fully saturated rings. The number of nitrogens with one attached hydrogen (secondary N) is 1. The number of carbonyl (C=O) groups excluding carboxylic acids is 1. The van der Waals surface area contributed by atoms with Gasteiger partial charge in [0.15, 0.2) is 9.84 Å². The molecule has 1 aromatic heterocycles. The van der Waals surface area contributed by atoms with Crippen molar-refractivity contribution in [3.05, 3.63) is 53.1 Å². The Morgan fingerprint density at radius 3 is 2.73 bits per heavy atom. The number of rotatable bonds is 4. The van der Waals surface area contributed by atoms with Crippen LogP contribution in [0.2, 0.25) is 5.02 Å². The monoisotopic (exact) mass is 342 g/mol. The van der Waals surface area contributed by atoms with Gasteiger partial charge in [0.1, 0.15) is 5.82 Å². The fourth-order valence-corrected chi connectivity index (χ4v) is 3.04. The summed E-state index contributed by atoms with van der Waals surface area (Å²) in [6.45, 7) is 1.44. The summed E-state index contributed by atoms with van der Waals surface area (Å²) < 4.78 is 38.0. The molecule has 0 aliphatic rings. The van der Waals surface area contributed by atoms with Crippen LogP contribution in [0.4, 0.5) is 10.1 Å². The lowest BCUT2D eigenvalue weighted by Crippen LogP contribution is -2.17. The molecule has 0 spiro atoms. The van der Waals surface area contributed by atoms with E-state index in [-0.39, 0.29) is 26.9 Å². The summed E-state index contributed by atoms with van der Waals surface area (Å²) in [4.78, 5) is 15.6. The molecule has 0 aliphatic heterocycles. The molecular formula is C14H12ClFN2O3S. The van der Waals surface area contributed by atoms with Crippen LogP contribution in [0, 0.1) is 5.82 Å². The van der Waals surface area contributed by atoms with Gasteiger partial charge in [-0.2, -0.15) is 0 Å². The van der Waals surface area contributed by atoms with Crippen molar-refractivity contribution in [1.82, 2.24) is 4.98 Å². The van der Waals surface area contributed by atoms with Gasteiger partial charge in [-0.25, -0.2) is 12.8 Å². The van der Waals surface area contributed by atoms with E-state index < -0.39 is 21.6 Å². The molecule has 0 aliphatic carbocycles. The van der Waals surface area contributed by atoms with Gasteiger partial charge in [0, 0.05) is 12.4 Å². The van der Waals surface area contributed by atoms with E-state index in [9.17, 15) is 17.6 Å². The van der Waals surface area contributed by atoms with E-state index in [1.54, 1.807) is 0 Å². The number of pyridine rings is 1. The van der Waals surface area contributed by atoms with Gasteiger partial charge in [-0.05, 0) is 18.2 Å². The number of sulfone groups is 1. The van der Waals surface area contributed by atoms with E-state index in [0.29, 0.717) is 0 Å². The lowest BCUT2D eigenvalue weighted by atomic mass is 10.2. The van der Waals surface area contributed by atoms with Crippen LogP contribution in [-0.2, 0) is 9.84 Å². The van der Waals surface area contributed by atoms with Crippen molar-refractivity contribution < 1.29 is 17.6 Å². The van der Waals surface area contributed by atoms with Crippen LogP contribution in [0.15, 0.2) is 41.6 Å². The van der Waals surface area contributed by atoms with Crippen molar-refractivity contribution in [2.75, 3.05) is 11.1 Å². The van der Waals surface area contributed by atoms with Gasteiger partial charge in [-0.15, -0.1) is 0 Å². The Balaban J connectivity index is 2.47. The fraction of sp³-hybridized carbons (Fsp3) is 0.143. The molecule has 0 saturated carbocycles. The second kappa shape index (κ2) is 6.41. The SMILES string of the molecule is CCS(=O)(=O)c1cccc(F)c1NC(=O)c1ccncc1Cl. The highest BCUT2D eigenvalue weighted by Gasteiger charge is 2.22. The summed E-state index contributed by atoms with van der Waals surface area (Å²) >= 11 is 5.85. The first-order valence-corrected chi connectivity index (χ1v) is 8.32. The number of nitrogens with zero attached hydrogens (tertiary/aromatic N) is 1. The Bertz CT molecular complexity index is 825. The molecule has 0 atom stereocenters. The maximum atomic E-state index is 14.0. The third-order valence-electron chi connectivity index (χ3n) is 2.95. The van der Waals surface area contributed by atoms with Gasteiger partial charge in [-0.3, -0.25) is 9.78 Å². The number of hydrogen-bond acceptors (Lipinski definition) is 4. The lowest BCUT2D eigenvalue weighted by Gasteiger charge is -2.12. The Kier molecular flexibility index (Phi) is 4.77. The summed E-state index contributed by atoms with van der Waals surface area (Å²) in [5.41, 5.74) is -0.318. The van der Waals surface area contributed by atoms with Gasteiger partial charge < -0.3 is 5.32 Å². The van der Waals surface area contributed by atoms with Crippen molar-refractivity contribution in [3.8, 4) is 0 Å². The topological polar surface area (TPSA) is 76.1 Å². The highest BCUT2D eigenvalue weighted by Crippen LogP contribution is 2.26. The minimum absolute atomic E-state index is 0.0692. The van der Waals surface area contributed by atoms with Crippen LogP contribution >= 0.6 is 11.6 Å². The summed E-state index contributed by atoms with van der Waals surface area (Å²) in [5.74, 6) is -1.77. The summed E-state index contributed by atoms with van der Waals surface area (Å²) in [6.07, 6.45) is 2.62. The first-order chi connectivity index (χ1) is 10.4. The normalized spacial score (nSPS) is 11.2. The Hall–Kier alpha value is -1.99. The number of carbonyl (C=O) groups is 1.